The van der Waals surface area contributed by atoms with Crippen molar-refractivity contribution in [2.45, 2.75) is 70.8 Å². The van der Waals surface area contributed by atoms with Crippen LogP contribution in [0.1, 0.15) is 65.2 Å². The summed E-state index contributed by atoms with van der Waals surface area (Å²) in [6, 6.07) is 0. The summed E-state index contributed by atoms with van der Waals surface area (Å²) in [6.45, 7) is 4.41. The maximum atomic E-state index is 12.1. The van der Waals surface area contributed by atoms with E-state index in [-0.39, 0.29) is 5.41 Å². The molecule has 1 N–H and O–H groups in total. The summed E-state index contributed by atoms with van der Waals surface area (Å²) in [5.41, 5.74) is -0.327. The van der Waals surface area contributed by atoms with Gasteiger partial charge < -0.3 is 9.84 Å². The molecule has 118 valence electrons. The van der Waals surface area contributed by atoms with Crippen molar-refractivity contribution in [3.8, 4) is 0 Å². The van der Waals surface area contributed by atoms with Crippen molar-refractivity contribution in [2.24, 2.45) is 23.2 Å². The highest BCUT2D eigenvalue weighted by atomic mass is 16.6. The van der Waals surface area contributed by atoms with Crippen molar-refractivity contribution in [1.82, 2.24) is 0 Å². The van der Waals surface area contributed by atoms with Gasteiger partial charge in [-0.15, -0.1) is 0 Å². The minimum atomic E-state index is -1.09. The van der Waals surface area contributed by atoms with Gasteiger partial charge >= 0.3 is 11.9 Å². The Kier molecular flexibility index (Phi) is 3.53. The van der Waals surface area contributed by atoms with E-state index in [9.17, 15) is 9.59 Å². The second kappa shape index (κ2) is 4.99. The molecule has 4 rings (SSSR count). The molecule has 0 saturated heterocycles. The zero-order valence-corrected chi connectivity index (χ0v) is 13.1. The third-order valence-corrected chi connectivity index (χ3v) is 6.69. The Morgan fingerprint density at radius 1 is 1.10 bits per heavy atom. The van der Waals surface area contributed by atoms with E-state index in [4.69, 9.17) is 9.84 Å². The van der Waals surface area contributed by atoms with E-state index in [2.05, 4.69) is 13.8 Å². The summed E-state index contributed by atoms with van der Waals surface area (Å²) in [7, 11) is 0. The minimum Gasteiger partial charge on any atom is -0.481 e. The van der Waals surface area contributed by atoms with Crippen LogP contribution < -0.4 is 0 Å². The number of hydrogen-bond donors (Lipinski definition) is 1. The number of esters is 1. The molecule has 0 aliphatic heterocycles. The van der Waals surface area contributed by atoms with Crippen LogP contribution in [0.3, 0.4) is 0 Å². The first kappa shape index (κ1) is 14.9. The van der Waals surface area contributed by atoms with Crippen LogP contribution in [0.5, 0.6) is 0 Å². The molecule has 4 bridgehead atoms. The quantitative estimate of drug-likeness (QED) is 0.623. The molecule has 4 nitrogen and oxygen atoms in total. The predicted molar refractivity (Wildman–Crippen MR) is 77.6 cm³/mol. The highest BCUT2D eigenvalue weighted by molar-refractivity contribution is 5.90. The Balaban J connectivity index is 1.92. The van der Waals surface area contributed by atoms with Gasteiger partial charge in [0.25, 0.3) is 0 Å². The van der Waals surface area contributed by atoms with Gasteiger partial charge in [-0.1, -0.05) is 13.8 Å². The second-order valence-electron chi connectivity index (χ2n) is 7.45. The molecule has 0 aromatic rings. The molecule has 0 heterocycles. The fraction of sp³-hybridized carbons (Fsp3) is 0.882. The van der Waals surface area contributed by atoms with Crippen LogP contribution in [-0.2, 0) is 14.3 Å². The molecule has 2 atom stereocenters. The van der Waals surface area contributed by atoms with Crippen molar-refractivity contribution >= 4 is 11.9 Å². The maximum absolute atomic E-state index is 12.1. The van der Waals surface area contributed by atoms with Crippen LogP contribution in [0.15, 0.2) is 0 Å². The summed E-state index contributed by atoms with van der Waals surface area (Å²) >= 11 is 0. The van der Waals surface area contributed by atoms with E-state index < -0.39 is 24.0 Å². The number of carbonyl (C=O) groups is 2. The van der Waals surface area contributed by atoms with Crippen molar-refractivity contribution in [3.05, 3.63) is 0 Å². The van der Waals surface area contributed by atoms with Gasteiger partial charge in [0.05, 0.1) is 0 Å². The van der Waals surface area contributed by atoms with Gasteiger partial charge in [-0.2, -0.15) is 0 Å². The summed E-state index contributed by atoms with van der Waals surface area (Å²) in [4.78, 5) is 22.8. The number of carboxylic acids is 1. The monoisotopic (exact) mass is 294 g/mol. The predicted octanol–water partition coefficient (Wildman–Crippen LogP) is 3.39. The van der Waals surface area contributed by atoms with Crippen molar-refractivity contribution in [1.29, 1.82) is 0 Å². The molecule has 4 fully saturated rings. The smallest absolute Gasteiger partial charge is 0.317 e. The molecule has 21 heavy (non-hydrogen) atoms. The SMILES string of the molecule is CCC1(CC)C2CC3CC(C2)CC1(OC(=O)CC(=O)O)C3. The highest BCUT2D eigenvalue weighted by Gasteiger charge is 2.65. The first-order chi connectivity index (χ1) is 9.94. The van der Waals surface area contributed by atoms with Gasteiger partial charge in [0, 0.05) is 5.41 Å². The van der Waals surface area contributed by atoms with Gasteiger partial charge in [0.15, 0.2) is 0 Å². The average molecular weight is 294 g/mol. The number of ether oxygens (including phenoxy) is 1. The molecule has 0 amide bonds. The van der Waals surface area contributed by atoms with E-state index in [0.29, 0.717) is 17.8 Å². The van der Waals surface area contributed by atoms with Crippen molar-refractivity contribution in [2.75, 3.05) is 0 Å². The van der Waals surface area contributed by atoms with Crippen LogP contribution in [-0.4, -0.2) is 22.6 Å². The first-order valence-corrected chi connectivity index (χ1v) is 8.38. The zero-order valence-electron chi connectivity index (χ0n) is 13.1. The number of carbonyl (C=O) groups excluding carboxylic acids is 1. The fourth-order valence-corrected chi connectivity index (χ4v) is 6.18. The normalized spacial score (nSPS) is 39.2. The molecular weight excluding hydrogens is 268 g/mol. The Morgan fingerprint density at radius 3 is 2.14 bits per heavy atom. The number of hydrogen-bond acceptors (Lipinski definition) is 3. The van der Waals surface area contributed by atoms with Gasteiger partial charge in [-0.3, -0.25) is 9.59 Å². The van der Waals surface area contributed by atoms with Crippen LogP contribution in [0.2, 0.25) is 0 Å². The Hall–Kier alpha value is -1.06. The molecular formula is C17H26O4. The summed E-state index contributed by atoms with van der Waals surface area (Å²) < 4.78 is 5.94. The Morgan fingerprint density at radius 2 is 1.67 bits per heavy atom. The van der Waals surface area contributed by atoms with Crippen LogP contribution in [0.25, 0.3) is 0 Å². The van der Waals surface area contributed by atoms with Gasteiger partial charge in [-0.25, -0.2) is 0 Å². The van der Waals surface area contributed by atoms with Crippen molar-refractivity contribution in [3.63, 3.8) is 0 Å². The lowest BCUT2D eigenvalue weighted by Gasteiger charge is -2.66. The maximum Gasteiger partial charge on any atom is 0.317 e. The van der Waals surface area contributed by atoms with Gasteiger partial charge in [-0.05, 0) is 62.7 Å². The zero-order chi connectivity index (χ0) is 15.3. The first-order valence-electron chi connectivity index (χ1n) is 8.38. The van der Waals surface area contributed by atoms with Gasteiger partial charge in [0.1, 0.15) is 12.0 Å². The third kappa shape index (κ3) is 2.09. The third-order valence-electron chi connectivity index (χ3n) is 6.69. The van der Waals surface area contributed by atoms with Crippen molar-refractivity contribution < 1.29 is 19.4 Å². The molecule has 0 spiro atoms. The molecule has 0 radical (unpaired) electrons. The second-order valence-corrected chi connectivity index (χ2v) is 7.45. The lowest BCUT2D eigenvalue weighted by Crippen LogP contribution is -2.65. The average Bonchev–Trinajstić information content (AvgIpc) is 2.37. The Bertz CT molecular complexity index is 438. The molecule has 0 aromatic carbocycles. The van der Waals surface area contributed by atoms with Crippen LogP contribution >= 0.6 is 0 Å². The highest BCUT2D eigenvalue weighted by Crippen LogP contribution is 2.67. The largest absolute Gasteiger partial charge is 0.481 e. The number of aliphatic carboxylic acids is 1. The van der Waals surface area contributed by atoms with E-state index in [1.165, 1.54) is 19.3 Å². The Labute approximate surface area is 126 Å². The fourth-order valence-electron chi connectivity index (χ4n) is 6.18. The molecule has 0 aromatic heterocycles. The van der Waals surface area contributed by atoms with E-state index >= 15 is 0 Å². The van der Waals surface area contributed by atoms with Gasteiger partial charge in [0.2, 0.25) is 0 Å². The molecule has 4 aliphatic carbocycles. The summed E-state index contributed by atoms with van der Waals surface area (Å²) in [6.07, 6.45) is 7.26. The lowest BCUT2D eigenvalue weighted by molar-refractivity contribution is -0.248. The van der Waals surface area contributed by atoms with Crippen LogP contribution in [0.4, 0.5) is 0 Å². The van der Waals surface area contributed by atoms with E-state index in [1.54, 1.807) is 0 Å². The topological polar surface area (TPSA) is 63.6 Å². The molecule has 2 unspecified atom stereocenters. The van der Waals surface area contributed by atoms with E-state index in [1.807, 2.05) is 0 Å². The standard InChI is InChI=1S/C17H26O4/c1-3-16(4-2)13-6-11-5-12(7-13)10-17(16,9-11)21-15(20)8-14(18)19/h11-13H,3-10H2,1-2H3,(H,18,19). The minimum absolute atomic E-state index is 0.0641. The van der Waals surface area contributed by atoms with Crippen LogP contribution in [0, 0.1) is 23.2 Å². The molecule has 4 saturated carbocycles. The molecule has 4 heteroatoms. The summed E-state index contributed by atoms with van der Waals surface area (Å²) in [5.74, 6) is 0.355. The number of rotatable bonds is 5. The van der Waals surface area contributed by atoms with E-state index in [0.717, 1.165) is 25.7 Å². The molecule has 4 aliphatic rings. The lowest BCUT2D eigenvalue weighted by atomic mass is 9.42. The number of carboxylic acid groups (broad SMARTS) is 1. The summed E-state index contributed by atoms with van der Waals surface area (Å²) in [5, 5.41) is 8.84.